The SMILES string of the molecule is Nc1ccc(Nc2ccc(CCc3ccc(Cl)c(Cl)c3)cc2)c(C(=O)O)c1. The van der Waals surface area contributed by atoms with Crippen LogP contribution in [0.3, 0.4) is 0 Å². The molecule has 6 heteroatoms. The molecule has 0 unspecified atom stereocenters. The van der Waals surface area contributed by atoms with Gasteiger partial charge in [0.15, 0.2) is 0 Å². The molecule has 0 saturated heterocycles. The molecule has 0 spiro atoms. The van der Waals surface area contributed by atoms with E-state index in [1.807, 2.05) is 36.4 Å². The Bertz CT molecular complexity index is 972. The fraction of sp³-hybridized carbons (Fsp3) is 0.0952. The van der Waals surface area contributed by atoms with Crippen LogP contribution >= 0.6 is 23.2 Å². The molecule has 0 saturated carbocycles. The third kappa shape index (κ3) is 4.94. The van der Waals surface area contributed by atoms with E-state index in [2.05, 4.69) is 5.32 Å². The minimum Gasteiger partial charge on any atom is -0.478 e. The number of aromatic carboxylic acids is 1. The van der Waals surface area contributed by atoms with Gasteiger partial charge in [-0.1, -0.05) is 41.4 Å². The fourth-order valence-electron chi connectivity index (χ4n) is 2.74. The van der Waals surface area contributed by atoms with Crippen LogP contribution in [0.15, 0.2) is 60.7 Å². The number of nitrogen functional groups attached to an aromatic ring is 1. The highest BCUT2D eigenvalue weighted by Gasteiger charge is 2.10. The maximum Gasteiger partial charge on any atom is 0.337 e. The van der Waals surface area contributed by atoms with Crippen molar-refractivity contribution in [3.05, 3.63) is 87.4 Å². The molecule has 4 N–H and O–H groups in total. The van der Waals surface area contributed by atoms with Gasteiger partial charge in [-0.05, 0) is 66.4 Å². The molecule has 0 aliphatic rings. The first-order chi connectivity index (χ1) is 12.9. The van der Waals surface area contributed by atoms with Gasteiger partial charge in [0.2, 0.25) is 0 Å². The van der Waals surface area contributed by atoms with E-state index in [0.29, 0.717) is 21.4 Å². The molecule has 0 aromatic heterocycles. The van der Waals surface area contributed by atoms with Crippen molar-refractivity contribution in [3.63, 3.8) is 0 Å². The van der Waals surface area contributed by atoms with Crippen LogP contribution in [0.2, 0.25) is 10.0 Å². The molecule has 0 amide bonds. The average Bonchev–Trinajstić information content (AvgIpc) is 2.65. The van der Waals surface area contributed by atoms with Crippen molar-refractivity contribution in [2.75, 3.05) is 11.1 Å². The van der Waals surface area contributed by atoms with E-state index in [9.17, 15) is 9.90 Å². The molecule has 3 rings (SSSR count). The average molecular weight is 401 g/mol. The summed E-state index contributed by atoms with van der Waals surface area (Å²) in [5, 5.41) is 13.6. The molecule has 3 aromatic carbocycles. The van der Waals surface area contributed by atoms with Crippen molar-refractivity contribution in [2.45, 2.75) is 12.8 Å². The monoisotopic (exact) mass is 400 g/mol. The Morgan fingerprint density at radius 2 is 1.56 bits per heavy atom. The molecular weight excluding hydrogens is 383 g/mol. The Morgan fingerprint density at radius 1 is 0.889 bits per heavy atom. The van der Waals surface area contributed by atoms with Crippen LogP contribution in [-0.4, -0.2) is 11.1 Å². The van der Waals surface area contributed by atoms with Crippen LogP contribution in [0.25, 0.3) is 0 Å². The Hall–Kier alpha value is -2.69. The number of halogens is 2. The number of carboxylic acid groups (broad SMARTS) is 1. The minimum atomic E-state index is -1.02. The van der Waals surface area contributed by atoms with Gasteiger partial charge in [-0.2, -0.15) is 0 Å². The quantitative estimate of drug-likeness (QED) is 0.456. The number of nitrogens with one attached hydrogen (secondary N) is 1. The summed E-state index contributed by atoms with van der Waals surface area (Å²) in [5.74, 6) is -1.02. The van der Waals surface area contributed by atoms with Gasteiger partial charge in [-0.25, -0.2) is 4.79 Å². The summed E-state index contributed by atoms with van der Waals surface area (Å²) in [5.41, 5.74) is 9.82. The van der Waals surface area contributed by atoms with E-state index in [4.69, 9.17) is 28.9 Å². The highest BCUT2D eigenvalue weighted by Crippen LogP contribution is 2.25. The molecule has 0 radical (unpaired) electrons. The van der Waals surface area contributed by atoms with Crippen LogP contribution in [0.5, 0.6) is 0 Å². The lowest BCUT2D eigenvalue weighted by atomic mass is 10.0. The number of nitrogens with two attached hydrogens (primary N) is 1. The van der Waals surface area contributed by atoms with Gasteiger partial charge in [0.1, 0.15) is 0 Å². The van der Waals surface area contributed by atoms with Crippen LogP contribution in [0.4, 0.5) is 17.1 Å². The lowest BCUT2D eigenvalue weighted by molar-refractivity contribution is 0.0698. The van der Waals surface area contributed by atoms with Crippen molar-refractivity contribution < 1.29 is 9.90 Å². The molecule has 0 fully saturated rings. The summed E-state index contributed by atoms with van der Waals surface area (Å²) in [7, 11) is 0. The third-order valence-electron chi connectivity index (χ3n) is 4.19. The van der Waals surface area contributed by atoms with Crippen molar-refractivity contribution in [1.29, 1.82) is 0 Å². The van der Waals surface area contributed by atoms with Crippen molar-refractivity contribution in [1.82, 2.24) is 0 Å². The first-order valence-corrected chi connectivity index (χ1v) is 9.10. The first kappa shape index (κ1) is 19.1. The van der Waals surface area contributed by atoms with E-state index in [-0.39, 0.29) is 5.56 Å². The van der Waals surface area contributed by atoms with Gasteiger partial charge in [-0.15, -0.1) is 0 Å². The summed E-state index contributed by atoms with van der Waals surface area (Å²) in [6.07, 6.45) is 1.71. The number of carbonyl (C=O) groups is 1. The van der Waals surface area contributed by atoms with Crippen LogP contribution in [0, 0.1) is 0 Å². The Morgan fingerprint density at radius 3 is 2.22 bits per heavy atom. The second-order valence-electron chi connectivity index (χ2n) is 6.18. The lowest BCUT2D eigenvalue weighted by Gasteiger charge is -2.11. The van der Waals surface area contributed by atoms with Gasteiger partial charge in [0.05, 0.1) is 21.3 Å². The zero-order chi connectivity index (χ0) is 19.4. The van der Waals surface area contributed by atoms with Crippen LogP contribution < -0.4 is 11.1 Å². The Kier molecular flexibility index (Phi) is 5.89. The highest BCUT2D eigenvalue weighted by molar-refractivity contribution is 6.42. The van der Waals surface area contributed by atoms with Gasteiger partial charge in [0.25, 0.3) is 0 Å². The number of hydrogen-bond acceptors (Lipinski definition) is 3. The maximum atomic E-state index is 11.4. The number of benzene rings is 3. The van der Waals surface area contributed by atoms with Crippen LogP contribution in [-0.2, 0) is 12.8 Å². The fourth-order valence-corrected chi connectivity index (χ4v) is 3.06. The minimum absolute atomic E-state index is 0.138. The summed E-state index contributed by atoms with van der Waals surface area (Å²) < 4.78 is 0. The van der Waals surface area contributed by atoms with Gasteiger partial charge in [0, 0.05) is 11.4 Å². The van der Waals surface area contributed by atoms with E-state index in [1.165, 1.54) is 11.6 Å². The van der Waals surface area contributed by atoms with E-state index in [0.717, 1.165) is 24.1 Å². The first-order valence-electron chi connectivity index (χ1n) is 8.35. The number of rotatable bonds is 6. The second kappa shape index (κ2) is 8.33. The maximum absolute atomic E-state index is 11.4. The smallest absolute Gasteiger partial charge is 0.337 e. The van der Waals surface area contributed by atoms with E-state index >= 15 is 0 Å². The summed E-state index contributed by atoms with van der Waals surface area (Å²) in [6, 6.07) is 18.3. The Balaban J connectivity index is 1.67. The molecule has 4 nitrogen and oxygen atoms in total. The topological polar surface area (TPSA) is 75.3 Å². The third-order valence-corrected chi connectivity index (χ3v) is 4.93. The van der Waals surface area contributed by atoms with Crippen molar-refractivity contribution in [2.24, 2.45) is 0 Å². The van der Waals surface area contributed by atoms with Gasteiger partial charge >= 0.3 is 5.97 Å². The van der Waals surface area contributed by atoms with Crippen molar-refractivity contribution >= 4 is 46.2 Å². The predicted octanol–water partition coefficient (Wildman–Crippen LogP) is 5.80. The van der Waals surface area contributed by atoms with Gasteiger partial charge in [-0.3, -0.25) is 0 Å². The van der Waals surface area contributed by atoms with Gasteiger partial charge < -0.3 is 16.2 Å². The standard InChI is InChI=1S/C21H18Cl2N2O2/c22-18-9-5-14(11-19(18)23)2-1-13-3-7-16(8-4-13)25-20-10-6-15(24)12-17(20)21(26)27/h3-12,25H,1-2,24H2,(H,26,27). The molecular formula is C21H18Cl2N2O2. The van der Waals surface area contributed by atoms with E-state index in [1.54, 1.807) is 18.2 Å². The van der Waals surface area contributed by atoms with Crippen molar-refractivity contribution in [3.8, 4) is 0 Å². The Labute approximate surface area is 167 Å². The molecule has 0 heterocycles. The number of carboxylic acids is 1. The largest absolute Gasteiger partial charge is 0.478 e. The molecule has 27 heavy (non-hydrogen) atoms. The molecule has 0 atom stereocenters. The summed E-state index contributed by atoms with van der Waals surface area (Å²) in [6.45, 7) is 0. The zero-order valence-corrected chi connectivity index (χ0v) is 15.9. The summed E-state index contributed by atoms with van der Waals surface area (Å²) >= 11 is 12.0. The van der Waals surface area contributed by atoms with E-state index < -0.39 is 5.97 Å². The molecule has 0 bridgehead atoms. The number of aryl methyl sites for hydroxylation is 2. The second-order valence-corrected chi connectivity index (χ2v) is 6.99. The molecule has 0 aliphatic heterocycles. The molecule has 3 aromatic rings. The number of anilines is 3. The number of hydrogen-bond donors (Lipinski definition) is 3. The molecule has 0 aliphatic carbocycles. The predicted molar refractivity (Wildman–Crippen MR) is 111 cm³/mol. The normalized spacial score (nSPS) is 10.6. The highest BCUT2D eigenvalue weighted by atomic mass is 35.5. The van der Waals surface area contributed by atoms with Crippen LogP contribution in [0.1, 0.15) is 21.5 Å². The molecule has 138 valence electrons. The lowest BCUT2D eigenvalue weighted by Crippen LogP contribution is -2.04. The zero-order valence-electron chi connectivity index (χ0n) is 14.4. The summed E-state index contributed by atoms with van der Waals surface area (Å²) in [4.78, 5) is 11.4.